The van der Waals surface area contributed by atoms with E-state index in [0.717, 1.165) is 5.56 Å². The molecule has 0 aliphatic rings. The molecule has 0 heterocycles. The zero-order valence-corrected chi connectivity index (χ0v) is 11.0. The zero-order chi connectivity index (χ0) is 14.0. The van der Waals surface area contributed by atoms with Gasteiger partial charge >= 0.3 is 0 Å². The molecule has 1 amide bonds. The smallest absolute Gasteiger partial charge is 0.258 e. The van der Waals surface area contributed by atoms with Gasteiger partial charge < -0.3 is 11.1 Å². The predicted octanol–water partition coefficient (Wildman–Crippen LogP) is 3.62. The molecule has 19 heavy (non-hydrogen) atoms. The van der Waals surface area contributed by atoms with Gasteiger partial charge in [0.05, 0.1) is 22.0 Å². The highest BCUT2D eigenvalue weighted by Gasteiger charge is 2.15. The molecule has 0 spiro atoms. The largest absolute Gasteiger partial charge is 0.397 e. The van der Waals surface area contributed by atoms with Gasteiger partial charge in [-0.25, -0.2) is 4.39 Å². The molecule has 2 aromatic rings. The van der Waals surface area contributed by atoms with Crippen LogP contribution in [0.1, 0.15) is 15.9 Å². The average molecular weight is 279 g/mol. The van der Waals surface area contributed by atoms with Gasteiger partial charge in [-0.15, -0.1) is 0 Å². The molecule has 2 aromatic carbocycles. The van der Waals surface area contributed by atoms with Crippen LogP contribution in [0.2, 0.25) is 5.02 Å². The number of nitrogens with one attached hydrogen (secondary N) is 1. The number of anilines is 2. The predicted molar refractivity (Wildman–Crippen MR) is 75.0 cm³/mol. The molecular weight excluding hydrogens is 267 g/mol. The molecule has 0 radical (unpaired) electrons. The molecule has 5 heteroatoms. The lowest BCUT2D eigenvalue weighted by Gasteiger charge is -2.10. The molecule has 0 aliphatic heterocycles. The van der Waals surface area contributed by atoms with E-state index in [1.165, 1.54) is 18.2 Å². The lowest BCUT2D eigenvalue weighted by Crippen LogP contribution is -2.15. The van der Waals surface area contributed by atoms with Gasteiger partial charge in [-0.2, -0.15) is 0 Å². The highest BCUT2D eigenvalue weighted by atomic mass is 35.5. The summed E-state index contributed by atoms with van der Waals surface area (Å²) in [6.45, 7) is 1.87. The molecule has 0 aliphatic carbocycles. The van der Waals surface area contributed by atoms with Crippen molar-refractivity contribution in [2.75, 3.05) is 11.1 Å². The second-order valence-corrected chi connectivity index (χ2v) is 4.55. The Kier molecular flexibility index (Phi) is 3.71. The maximum atomic E-state index is 13.7. The van der Waals surface area contributed by atoms with E-state index in [0.29, 0.717) is 11.4 Å². The summed E-state index contributed by atoms with van der Waals surface area (Å²) in [7, 11) is 0. The second kappa shape index (κ2) is 5.28. The minimum atomic E-state index is -0.743. The van der Waals surface area contributed by atoms with E-state index in [1.54, 1.807) is 12.1 Å². The van der Waals surface area contributed by atoms with Crippen molar-refractivity contribution < 1.29 is 9.18 Å². The van der Waals surface area contributed by atoms with E-state index in [9.17, 15) is 9.18 Å². The molecule has 0 bridgehead atoms. The number of aryl methyl sites for hydroxylation is 1. The van der Waals surface area contributed by atoms with Crippen LogP contribution in [0.4, 0.5) is 15.8 Å². The summed E-state index contributed by atoms with van der Waals surface area (Å²) in [5.41, 5.74) is 7.44. The number of nitrogens with two attached hydrogens (primary N) is 1. The highest BCUT2D eigenvalue weighted by Crippen LogP contribution is 2.22. The number of hydrogen-bond donors (Lipinski definition) is 2. The SMILES string of the molecule is Cc1ccc(N)c(NC(=O)c2cccc(Cl)c2F)c1. The molecule has 3 nitrogen and oxygen atoms in total. The van der Waals surface area contributed by atoms with Crippen LogP contribution in [0.15, 0.2) is 36.4 Å². The van der Waals surface area contributed by atoms with Gasteiger partial charge in [0.15, 0.2) is 5.82 Å². The van der Waals surface area contributed by atoms with Crippen molar-refractivity contribution in [1.29, 1.82) is 0 Å². The van der Waals surface area contributed by atoms with Crippen LogP contribution in [0.25, 0.3) is 0 Å². The highest BCUT2D eigenvalue weighted by molar-refractivity contribution is 6.31. The summed E-state index contributed by atoms with van der Waals surface area (Å²) in [5, 5.41) is 2.48. The number of hydrogen-bond acceptors (Lipinski definition) is 2. The molecule has 98 valence electrons. The number of carbonyl (C=O) groups is 1. The first-order chi connectivity index (χ1) is 8.99. The van der Waals surface area contributed by atoms with Gasteiger partial charge in [-0.3, -0.25) is 4.79 Å². The normalized spacial score (nSPS) is 10.3. The molecule has 2 rings (SSSR count). The van der Waals surface area contributed by atoms with E-state index in [-0.39, 0.29) is 10.6 Å². The van der Waals surface area contributed by atoms with Crippen molar-refractivity contribution >= 4 is 28.9 Å². The fraction of sp³-hybridized carbons (Fsp3) is 0.0714. The van der Waals surface area contributed by atoms with Crippen LogP contribution in [-0.4, -0.2) is 5.91 Å². The minimum Gasteiger partial charge on any atom is -0.397 e. The van der Waals surface area contributed by atoms with Crippen molar-refractivity contribution in [2.45, 2.75) is 6.92 Å². The molecule has 3 N–H and O–H groups in total. The fourth-order valence-corrected chi connectivity index (χ4v) is 1.82. The number of rotatable bonds is 2. The third-order valence-electron chi connectivity index (χ3n) is 2.65. The lowest BCUT2D eigenvalue weighted by atomic mass is 10.1. The Morgan fingerprint density at radius 3 is 2.79 bits per heavy atom. The number of amides is 1. The van der Waals surface area contributed by atoms with E-state index in [4.69, 9.17) is 17.3 Å². The summed E-state index contributed by atoms with van der Waals surface area (Å²) >= 11 is 5.64. The molecule has 0 unspecified atom stereocenters. The Hall–Kier alpha value is -2.07. The topological polar surface area (TPSA) is 55.1 Å². The zero-order valence-electron chi connectivity index (χ0n) is 10.2. The van der Waals surface area contributed by atoms with Gasteiger partial charge in [0.25, 0.3) is 5.91 Å². The molecule has 0 saturated heterocycles. The van der Waals surface area contributed by atoms with E-state index in [2.05, 4.69) is 5.32 Å². The lowest BCUT2D eigenvalue weighted by molar-refractivity contribution is 0.102. The van der Waals surface area contributed by atoms with Crippen molar-refractivity contribution in [3.63, 3.8) is 0 Å². The standard InChI is InChI=1S/C14H12ClFN2O/c1-8-5-6-11(17)12(7-8)18-14(19)9-3-2-4-10(15)13(9)16/h2-7H,17H2,1H3,(H,18,19). The quantitative estimate of drug-likeness (QED) is 0.824. The number of carbonyl (C=O) groups excluding carboxylic acids is 1. The number of halogens is 2. The Bertz CT molecular complexity index is 643. The van der Waals surface area contributed by atoms with Gasteiger partial charge in [0, 0.05) is 0 Å². The van der Waals surface area contributed by atoms with Gasteiger partial charge in [-0.1, -0.05) is 23.7 Å². The van der Waals surface area contributed by atoms with Crippen LogP contribution in [0.5, 0.6) is 0 Å². The minimum absolute atomic E-state index is 0.0927. The fourth-order valence-electron chi connectivity index (χ4n) is 1.65. The number of benzene rings is 2. The van der Waals surface area contributed by atoms with E-state index < -0.39 is 11.7 Å². The van der Waals surface area contributed by atoms with E-state index in [1.807, 2.05) is 13.0 Å². The maximum Gasteiger partial charge on any atom is 0.258 e. The first-order valence-corrected chi connectivity index (χ1v) is 5.98. The van der Waals surface area contributed by atoms with Gasteiger partial charge in [0.1, 0.15) is 0 Å². The van der Waals surface area contributed by atoms with Gasteiger partial charge in [-0.05, 0) is 36.8 Å². The van der Waals surface area contributed by atoms with E-state index >= 15 is 0 Å². The Balaban J connectivity index is 2.31. The van der Waals surface area contributed by atoms with Crippen molar-refractivity contribution in [3.05, 3.63) is 58.4 Å². The van der Waals surface area contributed by atoms with Crippen molar-refractivity contribution in [1.82, 2.24) is 0 Å². The average Bonchev–Trinajstić information content (AvgIpc) is 2.37. The summed E-state index contributed by atoms with van der Waals surface area (Å²) in [4.78, 5) is 12.0. The summed E-state index contributed by atoms with van der Waals surface area (Å²) in [6, 6.07) is 9.48. The molecule has 0 aromatic heterocycles. The maximum absolute atomic E-state index is 13.7. The van der Waals surface area contributed by atoms with Crippen LogP contribution >= 0.6 is 11.6 Å². The van der Waals surface area contributed by atoms with Crippen molar-refractivity contribution in [2.24, 2.45) is 0 Å². The second-order valence-electron chi connectivity index (χ2n) is 4.15. The molecule has 0 fully saturated rings. The first kappa shape index (κ1) is 13.4. The Labute approximate surface area is 115 Å². The molecule has 0 atom stereocenters. The third-order valence-corrected chi connectivity index (χ3v) is 2.95. The van der Waals surface area contributed by atoms with Crippen LogP contribution < -0.4 is 11.1 Å². The third kappa shape index (κ3) is 2.85. The van der Waals surface area contributed by atoms with Crippen molar-refractivity contribution in [3.8, 4) is 0 Å². The van der Waals surface area contributed by atoms with Crippen LogP contribution in [0.3, 0.4) is 0 Å². The Morgan fingerprint density at radius 1 is 1.32 bits per heavy atom. The van der Waals surface area contributed by atoms with Gasteiger partial charge in [0.2, 0.25) is 0 Å². The summed E-state index contributed by atoms with van der Waals surface area (Å²) in [5.74, 6) is -1.33. The summed E-state index contributed by atoms with van der Waals surface area (Å²) in [6.07, 6.45) is 0. The number of nitrogen functional groups attached to an aromatic ring is 1. The first-order valence-electron chi connectivity index (χ1n) is 5.60. The monoisotopic (exact) mass is 278 g/mol. The van der Waals surface area contributed by atoms with Crippen LogP contribution in [0, 0.1) is 12.7 Å². The molecule has 0 saturated carbocycles. The molecular formula is C14H12ClFN2O. The van der Waals surface area contributed by atoms with Crippen LogP contribution in [-0.2, 0) is 0 Å². The summed E-state index contributed by atoms with van der Waals surface area (Å²) < 4.78 is 13.7. The Morgan fingerprint density at radius 2 is 2.05 bits per heavy atom.